The van der Waals surface area contributed by atoms with Crippen molar-refractivity contribution >= 4 is 11.6 Å². The Labute approximate surface area is 95.5 Å². The molecular formula is C12H18N4. The van der Waals surface area contributed by atoms with Gasteiger partial charge in [-0.3, -0.25) is 5.41 Å². The Morgan fingerprint density at radius 2 is 1.94 bits per heavy atom. The van der Waals surface area contributed by atoms with E-state index in [0.29, 0.717) is 12.0 Å². The van der Waals surface area contributed by atoms with E-state index >= 15 is 0 Å². The van der Waals surface area contributed by atoms with Gasteiger partial charge in [-0.2, -0.15) is 0 Å². The molecule has 1 saturated carbocycles. The smallest absolute Gasteiger partial charge is 0.185 e. The van der Waals surface area contributed by atoms with Crippen LogP contribution in [0.2, 0.25) is 0 Å². The molecule has 0 radical (unpaired) electrons. The van der Waals surface area contributed by atoms with Crippen LogP contribution in [0.3, 0.4) is 0 Å². The molecule has 16 heavy (non-hydrogen) atoms. The minimum atomic E-state index is 0.0722. The van der Waals surface area contributed by atoms with E-state index in [1.54, 1.807) is 0 Å². The second kappa shape index (κ2) is 4.43. The summed E-state index contributed by atoms with van der Waals surface area (Å²) in [4.78, 5) is 0. The average molecular weight is 218 g/mol. The summed E-state index contributed by atoms with van der Waals surface area (Å²) in [6.45, 7) is 0. The molecule has 2 unspecified atom stereocenters. The lowest BCUT2D eigenvalue weighted by molar-refractivity contribution is 0.611. The van der Waals surface area contributed by atoms with Gasteiger partial charge in [0.05, 0.1) is 0 Å². The van der Waals surface area contributed by atoms with Crippen LogP contribution in [0.4, 0.5) is 5.69 Å². The van der Waals surface area contributed by atoms with E-state index in [2.05, 4.69) is 17.4 Å². The molecular weight excluding hydrogens is 200 g/mol. The second-order valence-corrected chi connectivity index (χ2v) is 4.43. The van der Waals surface area contributed by atoms with Gasteiger partial charge >= 0.3 is 0 Å². The van der Waals surface area contributed by atoms with Crippen molar-refractivity contribution in [2.24, 2.45) is 5.73 Å². The summed E-state index contributed by atoms with van der Waals surface area (Å²) in [5.41, 5.74) is 13.1. The highest BCUT2D eigenvalue weighted by Gasteiger charge is 2.25. The summed E-state index contributed by atoms with van der Waals surface area (Å²) in [6, 6.07) is 8.43. The molecule has 6 N–H and O–H groups in total. The molecule has 1 aliphatic rings. The van der Waals surface area contributed by atoms with Crippen LogP contribution in [0.25, 0.3) is 0 Å². The maximum atomic E-state index is 7.21. The monoisotopic (exact) mass is 218 g/mol. The second-order valence-electron chi connectivity index (χ2n) is 4.43. The molecule has 2 atom stereocenters. The Bertz CT molecular complexity index is 371. The Kier molecular flexibility index (Phi) is 2.99. The number of hydrogen-bond donors (Lipinski definition) is 4. The molecule has 0 heterocycles. The van der Waals surface area contributed by atoms with Crippen LogP contribution in [0, 0.1) is 5.41 Å². The van der Waals surface area contributed by atoms with E-state index in [0.717, 1.165) is 24.9 Å². The number of nitrogens with one attached hydrogen (secondary N) is 2. The molecule has 0 amide bonds. The third-order valence-corrected chi connectivity index (χ3v) is 3.20. The first-order chi connectivity index (χ1) is 7.65. The maximum absolute atomic E-state index is 7.21. The van der Waals surface area contributed by atoms with Gasteiger partial charge in [-0.05, 0) is 42.9 Å². The van der Waals surface area contributed by atoms with E-state index in [-0.39, 0.29) is 5.96 Å². The van der Waals surface area contributed by atoms with Gasteiger partial charge in [-0.25, -0.2) is 0 Å². The van der Waals surface area contributed by atoms with Crippen LogP contribution in [-0.2, 0) is 0 Å². The Morgan fingerprint density at radius 1 is 1.25 bits per heavy atom. The average Bonchev–Trinajstić information content (AvgIpc) is 2.66. The number of guanidine groups is 1. The number of rotatable bonds is 2. The zero-order valence-corrected chi connectivity index (χ0v) is 9.24. The normalized spacial score (nSPS) is 24.2. The molecule has 0 aliphatic heterocycles. The number of hydrogen-bond acceptors (Lipinski definition) is 2. The van der Waals surface area contributed by atoms with Gasteiger partial charge in [-0.1, -0.05) is 12.1 Å². The number of nitrogens with two attached hydrogens (primary N) is 2. The van der Waals surface area contributed by atoms with Gasteiger partial charge in [0.15, 0.2) is 5.96 Å². The minimum Gasteiger partial charge on any atom is -0.399 e. The van der Waals surface area contributed by atoms with Crippen molar-refractivity contribution < 1.29 is 0 Å². The summed E-state index contributed by atoms with van der Waals surface area (Å²) < 4.78 is 0. The third-order valence-electron chi connectivity index (χ3n) is 3.20. The van der Waals surface area contributed by atoms with Crippen LogP contribution >= 0.6 is 0 Å². The SMILES string of the molecule is N=C(N)NC1CCC(c2ccc(N)cc2)C1. The van der Waals surface area contributed by atoms with Crippen LogP contribution < -0.4 is 16.8 Å². The molecule has 1 aromatic carbocycles. The van der Waals surface area contributed by atoms with Gasteiger partial charge < -0.3 is 16.8 Å². The fourth-order valence-electron chi connectivity index (χ4n) is 2.40. The lowest BCUT2D eigenvalue weighted by atomic mass is 9.97. The van der Waals surface area contributed by atoms with Crippen molar-refractivity contribution in [1.82, 2.24) is 5.32 Å². The van der Waals surface area contributed by atoms with Gasteiger partial charge in [-0.15, -0.1) is 0 Å². The van der Waals surface area contributed by atoms with Crippen molar-refractivity contribution in [1.29, 1.82) is 5.41 Å². The van der Waals surface area contributed by atoms with Crippen molar-refractivity contribution in [3.63, 3.8) is 0 Å². The van der Waals surface area contributed by atoms with E-state index in [9.17, 15) is 0 Å². The van der Waals surface area contributed by atoms with Gasteiger partial charge in [0.1, 0.15) is 0 Å². The lowest BCUT2D eigenvalue weighted by Gasteiger charge is -2.13. The molecule has 0 spiro atoms. The maximum Gasteiger partial charge on any atom is 0.185 e. The van der Waals surface area contributed by atoms with E-state index in [1.165, 1.54) is 5.56 Å². The number of nitrogen functional groups attached to an aromatic ring is 1. The summed E-state index contributed by atoms with van der Waals surface area (Å²) in [5, 5.41) is 10.2. The lowest BCUT2D eigenvalue weighted by Crippen LogP contribution is -2.37. The molecule has 86 valence electrons. The molecule has 1 aromatic rings. The van der Waals surface area contributed by atoms with Crippen LogP contribution in [0.5, 0.6) is 0 Å². The zero-order valence-electron chi connectivity index (χ0n) is 9.24. The highest BCUT2D eigenvalue weighted by molar-refractivity contribution is 5.74. The zero-order chi connectivity index (χ0) is 11.5. The first-order valence-electron chi connectivity index (χ1n) is 5.61. The number of benzene rings is 1. The van der Waals surface area contributed by atoms with Crippen molar-refractivity contribution in [3.8, 4) is 0 Å². The van der Waals surface area contributed by atoms with Gasteiger partial charge in [0.2, 0.25) is 0 Å². The molecule has 0 bridgehead atoms. The van der Waals surface area contributed by atoms with Crippen molar-refractivity contribution in [2.75, 3.05) is 5.73 Å². The van der Waals surface area contributed by atoms with Gasteiger partial charge in [0, 0.05) is 11.7 Å². The molecule has 0 saturated heterocycles. The Morgan fingerprint density at radius 3 is 2.56 bits per heavy atom. The third kappa shape index (κ3) is 2.45. The molecule has 4 heteroatoms. The van der Waals surface area contributed by atoms with Gasteiger partial charge in [0.25, 0.3) is 0 Å². The predicted octanol–water partition coefficient (Wildman–Crippen LogP) is 1.39. The summed E-state index contributed by atoms with van der Waals surface area (Å²) >= 11 is 0. The van der Waals surface area contributed by atoms with E-state index < -0.39 is 0 Å². The van der Waals surface area contributed by atoms with Crippen molar-refractivity contribution in [2.45, 2.75) is 31.2 Å². The molecule has 2 rings (SSSR count). The fourth-order valence-corrected chi connectivity index (χ4v) is 2.40. The summed E-state index contributed by atoms with van der Waals surface area (Å²) in [7, 11) is 0. The highest BCUT2D eigenvalue weighted by atomic mass is 15.1. The molecule has 0 aromatic heterocycles. The summed E-state index contributed by atoms with van der Waals surface area (Å²) in [5.74, 6) is 0.639. The first-order valence-corrected chi connectivity index (χ1v) is 5.61. The molecule has 1 aliphatic carbocycles. The highest BCUT2D eigenvalue weighted by Crippen LogP contribution is 2.34. The first kappa shape index (κ1) is 10.8. The summed E-state index contributed by atoms with van der Waals surface area (Å²) in [6.07, 6.45) is 3.27. The molecule has 4 nitrogen and oxygen atoms in total. The topological polar surface area (TPSA) is 87.9 Å². The number of anilines is 1. The van der Waals surface area contributed by atoms with Crippen LogP contribution in [-0.4, -0.2) is 12.0 Å². The quantitative estimate of drug-likeness (QED) is 0.343. The standard InChI is InChI=1S/C12H18N4/c13-10-4-1-8(2-5-10)9-3-6-11(7-9)16-12(14)15/h1-2,4-5,9,11H,3,6-7,13H2,(H4,14,15,16). The predicted molar refractivity (Wildman–Crippen MR) is 66.3 cm³/mol. The minimum absolute atomic E-state index is 0.0722. The van der Waals surface area contributed by atoms with Crippen LogP contribution in [0.15, 0.2) is 24.3 Å². The molecule has 1 fully saturated rings. The fraction of sp³-hybridized carbons (Fsp3) is 0.417. The Hall–Kier alpha value is -1.71. The van der Waals surface area contributed by atoms with E-state index in [4.69, 9.17) is 16.9 Å². The van der Waals surface area contributed by atoms with E-state index in [1.807, 2.05) is 12.1 Å². The van der Waals surface area contributed by atoms with Crippen molar-refractivity contribution in [3.05, 3.63) is 29.8 Å². The Balaban J connectivity index is 1.98. The van der Waals surface area contributed by atoms with Crippen LogP contribution in [0.1, 0.15) is 30.7 Å². The largest absolute Gasteiger partial charge is 0.399 e.